The molecule has 8 nitrogen and oxygen atoms in total. The number of hydrogen-bond acceptors (Lipinski definition) is 7. The molecule has 1 radical (unpaired) electrons. The van der Waals surface area contributed by atoms with E-state index in [-0.39, 0.29) is 5.88 Å². The first kappa shape index (κ1) is 21.9. The molecule has 10 heteroatoms. The Morgan fingerprint density at radius 2 is 1.97 bits per heavy atom. The number of fused-ring (bicyclic) bond motifs is 3. The zero-order valence-corrected chi connectivity index (χ0v) is 19.7. The van der Waals surface area contributed by atoms with Gasteiger partial charge in [-0.05, 0) is 30.2 Å². The van der Waals surface area contributed by atoms with E-state index in [2.05, 4.69) is 38.1 Å². The van der Waals surface area contributed by atoms with Crippen LogP contribution in [0.15, 0.2) is 49.1 Å². The Hall–Kier alpha value is -3.66. The molecular weight excluding hydrogens is 444 g/mol. The van der Waals surface area contributed by atoms with Crippen molar-refractivity contribution in [2.24, 2.45) is 0 Å². The first-order chi connectivity index (χ1) is 17.0. The third-order valence-corrected chi connectivity index (χ3v) is 7.14. The van der Waals surface area contributed by atoms with Gasteiger partial charge in [0.2, 0.25) is 5.88 Å². The summed E-state index contributed by atoms with van der Waals surface area (Å²) in [4.78, 5) is 13.6. The van der Waals surface area contributed by atoms with E-state index in [0.717, 1.165) is 53.0 Å². The number of halogens is 1. The lowest BCUT2D eigenvalue weighted by atomic mass is 9.73. The largest absolute Gasteiger partial charge is 0.479 e. The summed E-state index contributed by atoms with van der Waals surface area (Å²) >= 11 is 0. The van der Waals surface area contributed by atoms with Crippen molar-refractivity contribution in [1.82, 2.24) is 24.5 Å². The van der Waals surface area contributed by atoms with Crippen LogP contribution >= 0.6 is 0 Å². The van der Waals surface area contributed by atoms with Crippen molar-refractivity contribution in [3.05, 3.63) is 60.4 Å². The van der Waals surface area contributed by atoms with Crippen LogP contribution in [0.5, 0.6) is 5.88 Å². The lowest BCUT2D eigenvalue weighted by Gasteiger charge is -2.56. The molecule has 3 fully saturated rings. The topological polar surface area (TPSA) is 84.8 Å². The normalized spacial score (nSPS) is 19.6. The summed E-state index contributed by atoms with van der Waals surface area (Å²) < 4.78 is 20.8. The standard InChI is InChI=1S/C25H26BFN7O/c1-26-17-6-20(24-22(28)10-31-34(24)12-17)16-3-4-23(29-9-16)32-13-18-7-19(14-32)33(18)11-15-5-21(27)25(35-2)30-8-15/h3-6,8-10,12,18-19H,7,11,13-14,28H2,1-2H3. The van der Waals surface area contributed by atoms with Gasteiger partial charge in [-0.2, -0.15) is 5.10 Å². The second kappa shape index (κ2) is 8.53. The molecular formula is C25H26BFN7O. The molecule has 0 saturated carbocycles. The molecule has 4 aromatic rings. The van der Waals surface area contributed by atoms with Crippen molar-refractivity contribution in [3.63, 3.8) is 0 Å². The minimum absolute atomic E-state index is 0.0365. The van der Waals surface area contributed by atoms with Crippen LogP contribution in [0, 0.1) is 5.82 Å². The van der Waals surface area contributed by atoms with Gasteiger partial charge in [0.25, 0.3) is 0 Å². The average molecular weight is 470 g/mol. The number of anilines is 2. The fraction of sp³-hybridized carbons (Fsp3) is 0.320. The van der Waals surface area contributed by atoms with Gasteiger partial charge in [0, 0.05) is 61.4 Å². The maximum Gasteiger partial charge on any atom is 0.250 e. The third-order valence-electron chi connectivity index (χ3n) is 7.14. The van der Waals surface area contributed by atoms with Gasteiger partial charge in [0.15, 0.2) is 5.82 Å². The summed E-state index contributed by atoms with van der Waals surface area (Å²) in [6, 6.07) is 8.67. The lowest BCUT2D eigenvalue weighted by molar-refractivity contribution is -0.00884. The highest BCUT2D eigenvalue weighted by Crippen LogP contribution is 2.36. The van der Waals surface area contributed by atoms with Crippen molar-refractivity contribution in [3.8, 4) is 17.0 Å². The van der Waals surface area contributed by atoms with Gasteiger partial charge in [0.1, 0.15) is 13.1 Å². The Kier molecular flexibility index (Phi) is 5.33. The minimum atomic E-state index is -0.418. The SMILES string of the molecule is C[B]c1cc(-c2ccc(N3CC4CC(C3)N4Cc3cnc(OC)c(F)c3)nc2)c2c(N)cnn2c1. The molecule has 7 rings (SSSR count). The first-order valence-corrected chi connectivity index (χ1v) is 11.8. The van der Waals surface area contributed by atoms with E-state index in [1.54, 1.807) is 12.4 Å². The van der Waals surface area contributed by atoms with Crippen LogP contribution in [-0.4, -0.2) is 64.0 Å². The van der Waals surface area contributed by atoms with Crippen LogP contribution in [0.25, 0.3) is 16.6 Å². The Bertz CT molecular complexity index is 1380. The maximum absolute atomic E-state index is 14.0. The van der Waals surface area contributed by atoms with Crippen molar-refractivity contribution >= 4 is 29.8 Å². The molecule has 4 aromatic heterocycles. The highest BCUT2D eigenvalue weighted by atomic mass is 19.1. The molecule has 2 atom stereocenters. The van der Waals surface area contributed by atoms with Crippen LogP contribution in [-0.2, 0) is 6.54 Å². The van der Waals surface area contributed by atoms with Gasteiger partial charge in [-0.25, -0.2) is 18.9 Å². The number of pyridine rings is 3. The van der Waals surface area contributed by atoms with E-state index in [1.165, 1.54) is 13.2 Å². The quantitative estimate of drug-likeness (QED) is 0.433. The highest BCUT2D eigenvalue weighted by molar-refractivity contribution is 6.52. The van der Waals surface area contributed by atoms with Gasteiger partial charge in [0.05, 0.1) is 24.5 Å². The molecule has 0 aliphatic carbocycles. The van der Waals surface area contributed by atoms with Gasteiger partial charge < -0.3 is 15.4 Å². The highest BCUT2D eigenvalue weighted by Gasteiger charge is 2.44. The van der Waals surface area contributed by atoms with Crippen LogP contribution < -0.4 is 20.8 Å². The van der Waals surface area contributed by atoms with Gasteiger partial charge in [-0.1, -0.05) is 18.4 Å². The zero-order valence-electron chi connectivity index (χ0n) is 19.7. The van der Waals surface area contributed by atoms with E-state index in [9.17, 15) is 4.39 Å². The van der Waals surface area contributed by atoms with Crippen molar-refractivity contribution in [2.75, 3.05) is 30.8 Å². The number of rotatable bonds is 6. The number of piperidine rings is 1. The molecule has 3 aliphatic rings. The number of aromatic nitrogens is 4. The Labute approximate surface area is 203 Å². The fourth-order valence-electron chi connectivity index (χ4n) is 5.32. The summed E-state index contributed by atoms with van der Waals surface area (Å²) in [7, 11) is 3.47. The molecule has 3 saturated heterocycles. The summed E-state index contributed by atoms with van der Waals surface area (Å²) in [5.74, 6) is 0.587. The van der Waals surface area contributed by atoms with E-state index >= 15 is 0 Å². The number of hydrogen-bond donors (Lipinski definition) is 1. The second-order valence-corrected chi connectivity index (χ2v) is 9.23. The molecule has 177 valence electrons. The van der Waals surface area contributed by atoms with Gasteiger partial charge >= 0.3 is 0 Å². The molecule has 2 N–H and O–H groups in total. The smallest absolute Gasteiger partial charge is 0.250 e. The molecule has 0 aromatic carbocycles. The van der Waals surface area contributed by atoms with Crippen LogP contribution in [0.1, 0.15) is 12.0 Å². The lowest BCUT2D eigenvalue weighted by Crippen LogP contribution is -2.68. The third kappa shape index (κ3) is 3.78. The monoisotopic (exact) mass is 470 g/mol. The first-order valence-electron chi connectivity index (χ1n) is 11.8. The number of ether oxygens (including phenoxy) is 1. The van der Waals surface area contributed by atoms with Gasteiger partial charge in [-0.3, -0.25) is 4.90 Å². The molecule has 7 heterocycles. The fourth-order valence-corrected chi connectivity index (χ4v) is 5.32. The predicted octanol–water partition coefficient (Wildman–Crippen LogP) is 2.36. The number of nitrogens with two attached hydrogens (primary N) is 1. The second-order valence-electron chi connectivity index (χ2n) is 9.23. The minimum Gasteiger partial charge on any atom is -0.479 e. The molecule has 2 bridgehead atoms. The van der Waals surface area contributed by atoms with Gasteiger partial charge in [-0.15, -0.1) is 0 Å². The number of methoxy groups -OCH3 is 1. The molecule has 0 spiro atoms. The molecule has 0 amide bonds. The number of nitrogen functional groups attached to an aromatic ring is 1. The van der Waals surface area contributed by atoms with Crippen LogP contribution in [0.4, 0.5) is 15.9 Å². The molecule has 3 aliphatic heterocycles. The van der Waals surface area contributed by atoms with Crippen molar-refractivity contribution in [2.45, 2.75) is 31.9 Å². The maximum atomic E-state index is 14.0. The van der Waals surface area contributed by atoms with E-state index in [4.69, 9.17) is 15.5 Å². The Balaban J connectivity index is 1.18. The summed E-state index contributed by atoms with van der Waals surface area (Å²) in [6.45, 7) is 4.49. The van der Waals surface area contributed by atoms with E-state index in [0.29, 0.717) is 24.3 Å². The average Bonchev–Trinajstić information content (AvgIpc) is 3.27. The Morgan fingerprint density at radius 1 is 1.14 bits per heavy atom. The van der Waals surface area contributed by atoms with Crippen LogP contribution in [0.3, 0.4) is 0 Å². The van der Waals surface area contributed by atoms with E-state index < -0.39 is 5.82 Å². The molecule has 35 heavy (non-hydrogen) atoms. The number of piperazine rings is 1. The Morgan fingerprint density at radius 3 is 2.66 bits per heavy atom. The predicted molar refractivity (Wildman–Crippen MR) is 135 cm³/mol. The number of nitrogens with zero attached hydrogens (tertiary/aromatic N) is 6. The summed E-state index contributed by atoms with van der Waals surface area (Å²) in [5.41, 5.74) is 11.7. The zero-order chi connectivity index (χ0) is 24.1. The van der Waals surface area contributed by atoms with Crippen LogP contribution in [0.2, 0.25) is 6.82 Å². The summed E-state index contributed by atoms with van der Waals surface area (Å²) in [5, 5.41) is 4.38. The van der Waals surface area contributed by atoms with Crippen molar-refractivity contribution < 1.29 is 9.13 Å². The van der Waals surface area contributed by atoms with Crippen molar-refractivity contribution in [1.29, 1.82) is 0 Å². The summed E-state index contributed by atoms with van der Waals surface area (Å²) in [6.07, 6.45) is 8.42. The molecule has 2 unspecified atom stereocenters. The van der Waals surface area contributed by atoms with E-state index in [1.807, 2.05) is 31.0 Å².